The van der Waals surface area contributed by atoms with Gasteiger partial charge in [0.25, 0.3) is 0 Å². The van der Waals surface area contributed by atoms with Gasteiger partial charge in [-0.2, -0.15) is 0 Å². The van der Waals surface area contributed by atoms with Crippen molar-refractivity contribution in [2.75, 3.05) is 40.5 Å². The van der Waals surface area contributed by atoms with E-state index in [2.05, 4.69) is 12.2 Å². The Morgan fingerprint density at radius 1 is 1.13 bits per heavy atom. The lowest BCUT2D eigenvalue weighted by molar-refractivity contribution is 0.0929. The van der Waals surface area contributed by atoms with Crippen molar-refractivity contribution >= 4 is 0 Å². The van der Waals surface area contributed by atoms with Crippen LogP contribution in [0.25, 0.3) is 0 Å². The van der Waals surface area contributed by atoms with Crippen molar-refractivity contribution in [3.8, 4) is 0 Å². The first-order valence-corrected chi connectivity index (χ1v) is 6.06. The molecule has 0 bridgehead atoms. The number of ether oxygens (including phenoxy) is 2. The molecule has 0 spiro atoms. The Balaban J connectivity index is 3.28. The van der Waals surface area contributed by atoms with Crippen LogP contribution in [0.1, 0.15) is 32.6 Å². The maximum Gasteiger partial charge on any atom is 0.0487 e. The number of methoxy groups -OCH3 is 1. The molecule has 1 N–H and O–H groups in total. The molecule has 0 saturated heterocycles. The molecule has 3 nitrogen and oxygen atoms in total. The lowest BCUT2D eigenvalue weighted by Crippen LogP contribution is -2.20. The smallest absolute Gasteiger partial charge is 0.0487 e. The minimum absolute atomic E-state index is 0.766. The maximum atomic E-state index is 5.55. The molecule has 0 aromatic carbocycles. The van der Waals surface area contributed by atoms with Gasteiger partial charge >= 0.3 is 0 Å². The first-order chi connectivity index (χ1) is 7.35. The van der Waals surface area contributed by atoms with Gasteiger partial charge in [-0.3, -0.25) is 0 Å². The third-order valence-electron chi connectivity index (χ3n) is 2.50. The molecule has 92 valence electrons. The fourth-order valence-corrected chi connectivity index (χ4v) is 1.70. The second kappa shape index (κ2) is 12.0. The van der Waals surface area contributed by atoms with Crippen LogP contribution in [0.15, 0.2) is 0 Å². The first-order valence-electron chi connectivity index (χ1n) is 6.06. The summed E-state index contributed by atoms with van der Waals surface area (Å²) >= 11 is 0. The van der Waals surface area contributed by atoms with Gasteiger partial charge in [-0.25, -0.2) is 0 Å². The molecule has 1 unspecified atom stereocenters. The molecule has 0 aromatic rings. The predicted octanol–water partition coefficient (Wildman–Crippen LogP) is 2.07. The van der Waals surface area contributed by atoms with Gasteiger partial charge in [0.2, 0.25) is 0 Å². The molecule has 0 aliphatic rings. The van der Waals surface area contributed by atoms with E-state index >= 15 is 0 Å². The van der Waals surface area contributed by atoms with Crippen molar-refractivity contribution in [1.82, 2.24) is 5.32 Å². The van der Waals surface area contributed by atoms with Crippen LogP contribution in [0, 0.1) is 5.92 Å². The highest BCUT2D eigenvalue weighted by atomic mass is 16.5. The second-order valence-corrected chi connectivity index (χ2v) is 3.96. The van der Waals surface area contributed by atoms with Crippen LogP contribution in [0.2, 0.25) is 0 Å². The van der Waals surface area contributed by atoms with Gasteiger partial charge in [0.1, 0.15) is 0 Å². The third-order valence-corrected chi connectivity index (χ3v) is 2.50. The van der Waals surface area contributed by atoms with Crippen LogP contribution in [0.3, 0.4) is 0 Å². The highest BCUT2D eigenvalue weighted by Crippen LogP contribution is 2.09. The standard InChI is InChI=1S/C12H27NO2/c1-4-6-12(11-13-2)7-10-15-9-5-8-14-3/h12-13H,4-11H2,1-3H3. The maximum absolute atomic E-state index is 5.55. The minimum atomic E-state index is 0.766. The molecule has 0 fully saturated rings. The lowest BCUT2D eigenvalue weighted by Gasteiger charge is -2.15. The topological polar surface area (TPSA) is 30.5 Å². The average molecular weight is 217 g/mol. The number of hydrogen-bond acceptors (Lipinski definition) is 3. The predicted molar refractivity (Wildman–Crippen MR) is 64.3 cm³/mol. The molecular weight excluding hydrogens is 190 g/mol. The summed E-state index contributed by atoms with van der Waals surface area (Å²) in [7, 11) is 3.74. The zero-order valence-electron chi connectivity index (χ0n) is 10.6. The van der Waals surface area contributed by atoms with Gasteiger partial charge in [-0.05, 0) is 38.8 Å². The van der Waals surface area contributed by atoms with Crippen molar-refractivity contribution in [3.63, 3.8) is 0 Å². The van der Waals surface area contributed by atoms with E-state index in [1.807, 2.05) is 7.05 Å². The fraction of sp³-hybridized carbons (Fsp3) is 1.00. The van der Waals surface area contributed by atoms with E-state index in [9.17, 15) is 0 Å². The molecule has 0 amide bonds. The molecule has 15 heavy (non-hydrogen) atoms. The monoisotopic (exact) mass is 217 g/mol. The summed E-state index contributed by atoms with van der Waals surface area (Å²) in [5.74, 6) is 0.766. The summed E-state index contributed by atoms with van der Waals surface area (Å²) in [5, 5.41) is 3.24. The van der Waals surface area contributed by atoms with Crippen LogP contribution in [-0.2, 0) is 9.47 Å². The van der Waals surface area contributed by atoms with E-state index in [1.54, 1.807) is 7.11 Å². The number of nitrogens with one attached hydrogen (secondary N) is 1. The molecular formula is C12H27NO2. The normalized spacial score (nSPS) is 13.0. The molecule has 0 radical (unpaired) electrons. The Hall–Kier alpha value is -0.120. The van der Waals surface area contributed by atoms with Gasteiger partial charge in [-0.15, -0.1) is 0 Å². The Morgan fingerprint density at radius 2 is 1.93 bits per heavy atom. The summed E-state index contributed by atoms with van der Waals surface area (Å²) in [6, 6.07) is 0. The minimum Gasteiger partial charge on any atom is -0.385 e. The Morgan fingerprint density at radius 3 is 2.53 bits per heavy atom. The molecule has 0 saturated carbocycles. The average Bonchev–Trinajstić information content (AvgIpc) is 2.24. The van der Waals surface area contributed by atoms with E-state index in [-0.39, 0.29) is 0 Å². The van der Waals surface area contributed by atoms with Crippen molar-refractivity contribution < 1.29 is 9.47 Å². The van der Waals surface area contributed by atoms with Crippen molar-refractivity contribution in [1.29, 1.82) is 0 Å². The van der Waals surface area contributed by atoms with Gasteiger partial charge in [0, 0.05) is 26.9 Å². The van der Waals surface area contributed by atoms with E-state index in [0.29, 0.717) is 0 Å². The molecule has 0 heterocycles. The highest BCUT2D eigenvalue weighted by Gasteiger charge is 2.05. The summed E-state index contributed by atoms with van der Waals surface area (Å²) in [6.45, 7) is 5.86. The van der Waals surface area contributed by atoms with E-state index in [4.69, 9.17) is 9.47 Å². The van der Waals surface area contributed by atoms with Gasteiger partial charge in [0.15, 0.2) is 0 Å². The fourth-order valence-electron chi connectivity index (χ4n) is 1.70. The van der Waals surface area contributed by atoms with E-state index in [0.717, 1.165) is 38.7 Å². The van der Waals surface area contributed by atoms with Crippen LogP contribution in [0.5, 0.6) is 0 Å². The second-order valence-electron chi connectivity index (χ2n) is 3.96. The molecule has 0 aromatic heterocycles. The van der Waals surface area contributed by atoms with Crippen molar-refractivity contribution in [2.24, 2.45) is 5.92 Å². The molecule has 0 aliphatic carbocycles. The van der Waals surface area contributed by atoms with Gasteiger partial charge < -0.3 is 14.8 Å². The molecule has 0 aliphatic heterocycles. The van der Waals surface area contributed by atoms with Crippen LogP contribution in [0.4, 0.5) is 0 Å². The largest absolute Gasteiger partial charge is 0.385 e. The van der Waals surface area contributed by atoms with Gasteiger partial charge in [-0.1, -0.05) is 13.3 Å². The van der Waals surface area contributed by atoms with Crippen LogP contribution in [-0.4, -0.2) is 40.5 Å². The third kappa shape index (κ3) is 10.2. The summed E-state index contributed by atoms with van der Waals surface area (Å²) in [5.41, 5.74) is 0. The highest BCUT2D eigenvalue weighted by molar-refractivity contribution is 4.60. The van der Waals surface area contributed by atoms with Crippen LogP contribution >= 0.6 is 0 Å². The number of rotatable bonds is 11. The van der Waals surface area contributed by atoms with Crippen molar-refractivity contribution in [3.05, 3.63) is 0 Å². The Kier molecular flexibility index (Phi) is 11.9. The number of hydrogen-bond donors (Lipinski definition) is 1. The quantitative estimate of drug-likeness (QED) is 0.537. The van der Waals surface area contributed by atoms with E-state index < -0.39 is 0 Å². The molecule has 0 rings (SSSR count). The Labute approximate surface area is 94.5 Å². The lowest BCUT2D eigenvalue weighted by atomic mass is 10.0. The summed E-state index contributed by atoms with van der Waals surface area (Å²) in [4.78, 5) is 0. The summed E-state index contributed by atoms with van der Waals surface area (Å²) in [6.07, 6.45) is 4.72. The zero-order valence-corrected chi connectivity index (χ0v) is 10.6. The summed E-state index contributed by atoms with van der Waals surface area (Å²) < 4.78 is 10.5. The first kappa shape index (κ1) is 14.9. The van der Waals surface area contributed by atoms with E-state index in [1.165, 1.54) is 19.3 Å². The van der Waals surface area contributed by atoms with Crippen molar-refractivity contribution in [2.45, 2.75) is 32.6 Å². The van der Waals surface area contributed by atoms with Crippen LogP contribution < -0.4 is 5.32 Å². The SMILES string of the molecule is CCCC(CCOCCCOC)CNC. The molecule has 1 atom stereocenters. The zero-order chi connectivity index (χ0) is 11.4. The van der Waals surface area contributed by atoms with Gasteiger partial charge in [0.05, 0.1) is 0 Å². The Bertz CT molecular complexity index is 114. The molecule has 3 heteroatoms.